The Morgan fingerprint density at radius 3 is 2.57 bits per heavy atom. The van der Waals surface area contributed by atoms with Crippen LogP contribution in [0.4, 0.5) is 23.5 Å². The normalized spacial score (nSPS) is 17.4. The van der Waals surface area contributed by atoms with Crippen molar-refractivity contribution in [1.29, 1.82) is 0 Å². The maximum Gasteiger partial charge on any atom is 0.406 e. The van der Waals surface area contributed by atoms with Gasteiger partial charge in [-0.3, -0.25) is 9.36 Å². The molecule has 1 unspecified atom stereocenters. The van der Waals surface area contributed by atoms with Crippen LogP contribution in [0.5, 0.6) is 0 Å². The maximum atomic E-state index is 13.2. The number of halogens is 4. The molecule has 28 heavy (non-hydrogen) atoms. The minimum Gasteiger partial charge on any atom is -0.331 e. The first-order chi connectivity index (χ1) is 13.3. The first kappa shape index (κ1) is 18.3. The van der Waals surface area contributed by atoms with Crippen LogP contribution >= 0.6 is 0 Å². The Hall–Kier alpha value is -3.04. The van der Waals surface area contributed by atoms with Gasteiger partial charge in [0, 0.05) is 6.54 Å². The first-order valence-electron chi connectivity index (χ1n) is 8.64. The van der Waals surface area contributed by atoms with E-state index in [1.54, 1.807) is 23.1 Å². The predicted octanol–water partition coefficient (Wildman–Crippen LogP) is 3.23. The minimum atomic E-state index is -4.58. The van der Waals surface area contributed by atoms with Gasteiger partial charge in [-0.25, -0.2) is 19.3 Å². The Morgan fingerprint density at radius 1 is 1.14 bits per heavy atom. The fraction of sp³-hybridized carbons (Fsp3) is 0.333. The number of rotatable bonds is 3. The number of nitrogens with zero attached hydrogens (tertiary/aromatic N) is 5. The molecule has 0 amide bonds. The molecule has 1 atom stereocenters. The third-order valence-corrected chi connectivity index (χ3v) is 4.64. The summed E-state index contributed by atoms with van der Waals surface area (Å²) >= 11 is 0. The van der Waals surface area contributed by atoms with E-state index in [-0.39, 0.29) is 17.2 Å². The van der Waals surface area contributed by atoms with E-state index in [0.717, 1.165) is 12.4 Å². The Labute approximate surface area is 156 Å². The molecule has 146 valence electrons. The second kappa shape index (κ2) is 6.84. The second-order valence-corrected chi connectivity index (χ2v) is 6.55. The summed E-state index contributed by atoms with van der Waals surface area (Å²) in [5, 5.41) is 0.123. The van der Waals surface area contributed by atoms with Crippen LogP contribution in [0.2, 0.25) is 0 Å². The van der Waals surface area contributed by atoms with Crippen molar-refractivity contribution in [3.8, 4) is 0 Å². The van der Waals surface area contributed by atoms with Crippen molar-refractivity contribution in [1.82, 2.24) is 19.5 Å². The van der Waals surface area contributed by atoms with Crippen molar-refractivity contribution in [2.75, 3.05) is 11.4 Å². The lowest BCUT2D eigenvalue weighted by Crippen LogP contribution is -2.36. The van der Waals surface area contributed by atoms with Gasteiger partial charge in [0.15, 0.2) is 5.82 Å². The average Bonchev–Trinajstić information content (AvgIpc) is 3.13. The van der Waals surface area contributed by atoms with E-state index >= 15 is 0 Å². The lowest BCUT2D eigenvalue weighted by atomic mass is 10.1. The summed E-state index contributed by atoms with van der Waals surface area (Å²) in [4.78, 5) is 26.7. The maximum absolute atomic E-state index is 13.2. The van der Waals surface area contributed by atoms with E-state index in [9.17, 15) is 22.4 Å². The minimum absolute atomic E-state index is 0.00597. The SMILES string of the molecule is O=c1c2ccccc2nc(C2CCCN2c2ncc(F)cn2)n1CC(F)(F)F. The van der Waals surface area contributed by atoms with E-state index < -0.39 is 30.1 Å². The number of hydrogen-bond donors (Lipinski definition) is 0. The third-order valence-electron chi connectivity index (χ3n) is 4.64. The van der Waals surface area contributed by atoms with E-state index in [2.05, 4.69) is 15.0 Å². The number of para-hydroxylation sites is 1. The molecule has 0 spiro atoms. The van der Waals surface area contributed by atoms with Crippen LogP contribution in [0.15, 0.2) is 41.5 Å². The fourth-order valence-electron chi connectivity index (χ4n) is 3.50. The summed E-state index contributed by atoms with van der Waals surface area (Å²) in [7, 11) is 0. The Bertz CT molecular complexity index is 1060. The smallest absolute Gasteiger partial charge is 0.331 e. The van der Waals surface area contributed by atoms with E-state index in [0.29, 0.717) is 29.5 Å². The van der Waals surface area contributed by atoms with E-state index in [1.165, 1.54) is 6.07 Å². The van der Waals surface area contributed by atoms with Crippen molar-refractivity contribution >= 4 is 16.9 Å². The molecule has 2 aromatic heterocycles. The van der Waals surface area contributed by atoms with Crippen LogP contribution in [-0.2, 0) is 6.54 Å². The third kappa shape index (κ3) is 3.41. The topological polar surface area (TPSA) is 63.9 Å². The van der Waals surface area contributed by atoms with Gasteiger partial charge in [-0.1, -0.05) is 12.1 Å². The molecule has 3 aromatic rings. The second-order valence-electron chi connectivity index (χ2n) is 6.55. The summed E-state index contributed by atoms with van der Waals surface area (Å²) < 4.78 is 53.4. The quantitative estimate of drug-likeness (QED) is 0.640. The van der Waals surface area contributed by atoms with Gasteiger partial charge >= 0.3 is 6.18 Å². The standard InChI is InChI=1S/C18H15F4N5O/c19-11-8-23-17(24-9-11)26-7-3-6-14(26)15-25-13-5-2-1-4-12(13)16(28)27(15)10-18(20,21)22/h1-2,4-5,8-9,14H,3,6-7,10H2. The van der Waals surface area contributed by atoms with Crippen LogP contribution < -0.4 is 10.5 Å². The van der Waals surface area contributed by atoms with E-state index in [4.69, 9.17) is 0 Å². The highest BCUT2D eigenvalue weighted by molar-refractivity contribution is 5.77. The zero-order valence-electron chi connectivity index (χ0n) is 14.5. The number of benzene rings is 1. The summed E-state index contributed by atoms with van der Waals surface area (Å²) in [6, 6.07) is 5.67. The van der Waals surface area contributed by atoms with Crippen molar-refractivity contribution in [2.24, 2.45) is 0 Å². The van der Waals surface area contributed by atoms with Gasteiger partial charge in [-0.15, -0.1) is 0 Å². The number of hydrogen-bond acceptors (Lipinski definition) is 5. The van der Waals surface area contributed by atoms with Gasteiger partial charge < -0.3 is 4.90 Å². The van der Waals surface area contributed by atoms with Gasteiger partial charge in [0.05, 0.1) is 29.3 Å². The van der Waals surface area contributed by atoms with Crippen LogP contribution in [0, 0.1) is 5.82 Å². The molecule has 0 saturated carbocycles. The molecule has 1 aliphatic heterocycles. The van der Waals surface area contributed by atoms with Crippen molar-refractivity contribution in [2.45, 2.75) is 31.6 Å². The summed E-state index contributed by atoms with van der Waals surface area (Å²) in [5.74, 6) is -0.423. The molecule has 0 N–H and O–H groups in total. The zero-order chi connectivity index (χ0) is 19.9. The van der Waals surface area contributed by atoms with Crippen molar-refractivity contribution < 1.29 is 17.6 Å². The van der Waals surface area contributed by atoms with Crippen LogP contribution in [0.25, 0.3) is 10.9 Å². The highest BCUT2D eigenvalue weighted by atomic mass is 19.4. The van der Waals surface area contributed by atoms with Crippen molar-refractivity contribution in [3.05, 3.63) is 58.7 Å². The first-order valence-corrected chi connectivity index (χ1v) is 8.64. The molecule has 1 saturated heterocycles. The number of alkyl halides is 3. The molecular weight excluding hydrogens is 378 g/mol. The highest BCUT2D eigenvalue weighted by Crippen LogP contribution is 2.34. The number of anilines is 1. The molecule has 6 nitrogen and oxygen atoms in total. The molecule has 1 fully saturated rings. The van der Waals surface area contributed by atoms with E-state index in [1.807, 2.05) is 0 Å². The monoisotopic (exact) mass is 393 g/mol. The van der Waals surface area contributed by atoms with Gasteiger partial charge in [-0.2, -0.15) is 13.2 Å². The summed E-state index contributed by atoms with van der Waals surface area (Å²) in [5.41, 5.74) is -0.419. The Balaban J connectivity index is 1.87. The Morgan fingerprint density at radius 2 is 1.86 bits per heavy atom. The van der Waals surface area contributed by atoms with Gasteiger partial charge in [0.25, 0.3) is 5.56 Å². The van der Waals surface area contributed by atoms with Crippen LogP contribution in [-0.4, -0.2) is 32.2 Å². The molecule has 1 aliphatic rings. The average molecular weight is 393 g/mol. The molecule has 3 heterocycles. The predicted molar refractivity (Wildman–Crippen MR) is 93.4 cm³/mol. The number of aromatic nitrogens is 4. The molecule has 4 rings (SSSR count). The lowest BCUT2D eigenvalue weighted by Gasteiger charge is -2.26. The van der Waals surface area contributed by atoms with Crippen LogP contribution in [0.3, 0.4) is 0 Å². The number of fused-ring (bicyclic) bond motifs is 1. The molecule has 0 bridgehead atoms. The van der Waals surface area contributed by atoms with Gasteiger partial charge in [0.2, 0.25) is 5.95 Å². The molecule has 0 radical (unpaired) electrons. The summed E-state index contributed by atoms with van der Waals surface area (Å²) in [6.07, 6.45) is -1.47. The summed E-state index contributed by atoms with van der Waals surface area (Å²) in [6.45, 7) is -0.974. The highest BCUT2D eigenvalue weighted by Gasteiger charge is 2.36. The van der Waals surface area contributed by atoms with Gasteiger partial charge in [-0.05, 0) is 25.0 Å². The molecule has 0 aliphatic carbocycles. The van der Waals surface area contributed by atoms with Gasteiger partial charge in [0.1, 0.15) is 12.4 Å². The Kier molecular flexibility index (Phi) is 4.48. The molecule has 1 aromatic carbocycles. The van der Waals surface area contributed by atoms with Crippen molar-refractivity contribution in [3.63, 3.8) is 0 Å². The molecule has 10 heteroatoms. The largest absolute Gasteiger partial charge is 0.406 e. The molecular formula is C18H15F4N5O. The van der Waals surface area contributed by atoms with Crippen LogP contribution in [0.1, 0.15) is 24.7 Å². The zero-order valence-corrected chi connectivity index (χ0v) is 14.5. The lowest BCUT2D eigenvalue weighted by molar-refractivity contribution is -0.141. The fourth-order valence-corrected chi connectivity index (χ4v) is 3.50.